The first kappa shape index (κ1) is 26.5. The quantitative estimate of drug-likeness (QED) is 0.208. The summed E-state index contributed by atoms with van der Waals surface area (Å²) in [6, 6.07) is 8.15. The van der Waals surface area contributed by atoms with Crippen molar-refractivity contribution in [2.24, 2.45) is 4.99 Å². The van der Waals surface area contributed by atoms with Crippen molar-refractivity contribution in [2.75, 3.05) is 13.1 Å². The SMILES string of the molecule is CCNC(=NCCCc1ccc(O)cc1)NC1CC2CCC(C1)N2C(=O)OC(C)(C)C.I. The van der Waals surface area contributed by atoms with E-state index in [1.165, 1.54) is 5.56 Å². The Kier molecular flexibility index (Phi) is 9.91. The number of phenols is 1. The monoisotopic (exact) mass is 558 g/mol. The van der Waals surface area contributed by atoms with Crippen LogP contribution in [-0.4, -0.2) is 58.9 Å². The standard InChI is InChI=1S/C24H38N4O3.HI/c1-5-25-22(26-14-6-7-17-8-12-21(29)13-9-17)27-18-15-19-10-11-20(16-18)28(19)23(30)31-24(2,3)4;/h8-9,12-13,18-20,29H,5-7,10-11,14-16H2,1-4H3,(H2,25,26,27);1H. The highest BCUT2D eigenvalue weighted by Crippen LogP contribution is 2.36. The summed E-state index contributed by atoms with van der Waals surface area (Å²) in [6.45, 7) is 9.38. The molecule has 3 N–H and O–H groups in total. The number of guanidine groups is 1. The lowest BCUT2D eigenvalue weighted by Gasteiger charge is -2.40. The van der Waals surface area contributed by atoms with Crippen LogP contribution in [-0.2, 0) is 11.2 Å². The van der Waals surface area contributed by atoms with E-state index in [2.05, 4.69) is 17.6 Å². The lowest BCUT2D eigenvalue weighted by Crippen LogP contribution is -2.55. The number of nitrogens with one attached hydrogen (secondary N) is 2. The number of aliphatic imine (C=N–C) groups is 1. The molecule has 180 valence electrons. The number of ether oxygens (including phenoxy) is 1. The van der Waals surface area contributed by atoms with Gasteiger partial charge in [0.1, 0.15) is 11.4 Å². The Morgan fingerprint density at radius 3 is 2.38 bits per heavy atom. The summed E-state index contributed by atoms with van der Waals surface area (Å²) in [5, 5.41) is 16.3. The molecule has 0 aromatic heterocycles. The Hall–Kier alpha value is -1.71. The summed E-state index contributed by atoms with van der Waals surface area (Å²) in [6.07, 6.45) is 5.64. The minimum Gasteiger partial charge on any atom is -0.508 e. The van der Waals surface area contributed by atoms with Gasteiger partial charge in [0.15, 0.2) is 5.96 Å². The molecule has 1 amide bonds. The van der Waals surface area contributed by atoms with Gasteiger partial charge in [-0.2, -0.15) is 0 Å². The highest BCUT2D eigenvalue weighted by molar-refractivity contribution is 14.0. The van der Waals surface area contributed by atoms with Crippen molar-refractivity contribution < 1.29 is 14.6 Å². The zero-order valence-corrected chi connectivity index (χ0v) is 22.1. The highest BCUT2D eigenvalue weighted by Gasteiger charge is 2.45. The van der Waals surface area contributed by atoms with Crippen molar-refractivity contribution in [3.63, 3.8) is 0 Å². The van der Waals surface area contributed by atoms with Gasteiger partial charge in [-0.25, -0.2) is 4.79 Å². The highest BCUT2D eigenvalue weighted by atomic mass is 127. The fraction of sp³-hybridized carbons (Fsp3) is 0.667. The number of halogens is 1. The van der Waals surface area contributed by atoms with Gasteiger partial charge in [0.2, 0.25) is 0 Å². The van der Waals surface area contributed by atoms with Crippen LogP contribution in [0, 0.1) is 0 Å². The molecule has 2 heterocycles. The lowest BCUT2D eigenvalue weighted by atomic mass is 9.98. The minimum atomic E-state index is -0.462. The van der Waals surface area contributed by atoms with E-state index in [-0.39, 0.29) is 42.2 Å². The van der Waals surface area contributed by atoms with Gasteiger partial charge in [-0.1, -0.05) is 12.1 Å². The van der Waals surface area contributed by atoms with E-state index in [9.17, 15) is 9.90 Å². The predicted molar refractivity (Wildman–Crippen MR) is 139 cm³/mol. The summed E-state index contributed by atoms with van der Waals surface area (Å²) >= 11 is 0. The van der Waals surface area contributed by atoms with E-state index in [1.807, 2.05) is 37.8 Å². The number of nitrogens with zero attached hydrogens (tertiary/aromatic N) is 2. The van der Waals surface area contributed by atoms with Crippen LogP contribution in [0.4, 0.5) is 4.79 Å². The molecule has 2 unspecified atom stereocenters. The van der Waals surface area contributed by atoms with Crippen LogP contribution in [0.25, 0.3) is 0 Å². The van der Waals surface area contributed by atoms with Crippen LogP contribution in [0.1, 0.15) is 65.4 Å². The second-order valence-electron chi connectivity index (χ2n) is 9.62. The van der Waals surface area contributed by atoms with E-state index in [4.69, 9.17) is 9.73 Å². The third-order valence-electron chi connectivity index (χ3n) is 5.85. The van der Waals surface area contributed by atoms with Crippen molar-refractivity contribution >= 4 is 36.0 Å². The van der Waals surface area contributed by atoms with E-state index in [1.54, 1.807) is 12.1 Å². The predicted octanol–water partition coefficient (Wildman–Crippen LogP) is 4.43. The zero-order valence-electron chi connectivity index (χ0n) is 19.8. The molecule has 7 nitrogen and oxygen atoms in total. The molecule has 2 fully saturated rings. The molecule has 2 aliphatic heterocycles. The van der Waals surface area contributed by atoms with Crippen molar-refractivity contribution in [1.29, 1.82) is 0 Å². The van der Waals surface area contributed by atoms with Crippen LogP contribution in [0.3, 0.4) is 0 Å². The topological polar surface area (TPSA) is 86.2 Å². The minimum absolute atomic E-state index is 0. The Balaban J connectivity index is 0.00000363. The smallest absolute Gasteiger partial charge is 0.410 e. The number of fused-ring (bicyclic) bond motifs is 2. The van der Waals surface area contributed by atoms with E-state index >= 15 is 0 Å². The zero-order chi connectivity index (χ0) is 22.4. The van der Waals surface area contributed by atoms with Gasteiger partial charge < -0.3 is 25.4 Å². The van der Waals surface area contributed by atoms with Gasteiger partial charge in [0.05, 0.1) is 0 Å². The van der Waals surface area contributed by atoms with Crippen LogP contribution in [0.5, 0.6) is 5.75 Å². The summed E-state index contributed by atoms with van der Waals surface area (Å²) in [5.74, 6) is 1.15. The molecule has 0 saturated carbocycles. The molecule has 0 aliphatic carbocycles. The Labute approximate surface area is 209 Å². The second-order valence-corrected chi connectivity index (χ2v) is 9.62. The summed E-state index contributed by atoms with van der Waals surface area (Å²) < 4.78 is 5.64. The molecular formula is C24H39IN4O3. The number of benzene rings is 1. The van der Waals surface area contributed by atoms with Crippen molar-refractivity contribution in [3.05, 3.63) is 29.8 Å². The molecule has 1 aromatic carbocycles. The number of phenolic OH excluding ortho intramolecular Hbond substituents is 1. The molecule has 2 aliphatic rings. The number of piperidine rings is 1. The van der Waals surface area contributed by atoms with Gasteiger partial charge >= 0.3 is 6.09 Å². The third kappa shape index (κ3) is 7.71. The number of hydrogen-bond donors (Lipinski definition) is 3. The molecule has 8 heteroatoms. The second kappa shape index (κ2) is 12.0. The first-order valence-electron chi connectivity index (χ1n) is 11.6. The Morgan fingerprint density at radius 1 is 1.19 bits per heavy atom. The number of amides is 1. The van der Waals surface area contributed by atoms with E-state index < -0.39 is 5.60 Å². The van der Waals surface area contributed by atoms with Gasteiger partial charge in [0, 0.05) is 31.2 Å². The first-order chi connectivity index (χ1) is 14.7. The Morgan fingerprint density at radius 2 is 1.81 bits per heavy atom. The normalized spacial score (nSPS) is 22.8. The summed E-state index contributed by atoms with van der Waals surface area (Å²) in [5.41, 5.74) is 0.744. The van der Waals surface area contributed by atoms with Crippen LogP contribution in [0.2, 0.25) is 0 Å². The van der Waals surface area contributed by atoms with Crippen molar-refractivity contribution in [2.45, 2.75) is 89.9 Å². The summed E-state index contributed by atoms with van der Waals surface area (Å²) in [4.78, 5) is 19.4. The molecule has 3 rings (SSSR count). The van der Waals surface area contributed by atoms with Gasteiger partial charge in [-0.3, -0.25) is 4.99 Å². The molecular weight excluding hydrogens is 519 g/mol. The maximum absolute atomic E-state index is 12.6. The third-order valence-corrected chi connectivity index (χ3v) is 5.85. The van der Waals surface area contributed by atoms with Crippen molar-refractivity contribution in [1.82, 2.24) is 15.5 Å². The van der Waals surface area contributed by atoms with Gasteiger partial charge in [-0.15, -0.1) is 24.0 Å². The fourth-order valence-electron chi connectivity index (χ4n) is 4.56. The molecule has 0 spiro atoms. The lowest BCUT2D eigenvalue weighted by molar-refractivity contribution is 0.00545. The number of aromatic hydroxyl groups is 1. The van der Waals surface area contributed by atoms with Gasteiger partial charge in [0.25, 0.3) is 0 Å². The van der Waals surface area contributed by atoms with Crippen LogP contribution in [0.15, 0.2) is 29.3 Å². The summed E-state index contributed by atoms with van der Waals surface area (Å²) in [7, 11) is 0. The largest absolute Gasteiger partial charge is 0.508 e. The molecule has 2 atom stereocenters. The number of hydrogen-bond acceptors (Lipinski definition) is 4. The average Bonchev–Trinajstić information content (AvgIpc) is 2.96. The van der Waals surface area contributed by atoms with E-state index in [0.29, 0.717) is 11.8 Å². The maximum Gasteiger partial charge on any atom is 0.410 e. The van der Waals surface area contributed by atoms with E-state index in [0.717, 1.165) is 57.6 Å². The van der Waals surface area contributed by atoms with Crippen molar-refractivity contribution in [3.8, 4) is 5.75 Å². The van der Waals surface area contributed by atoms with Crippen LogP contribution >= 0.6 is 24.0 Å². The molecule has 1 aromatic rings. The Bertz CT molecular complexity index is 750. The molecule has 32 heavy (non-hydrogen) atoms. The molecule has 0 radical (unpaired) electrons. The number of rotatable bonds is 6. The van der Waals surface area contributed by atoms with Crippen LogP contribution < -0.4 is 10.6 Å². The number of aryl methyl sites for hydroxylation is 1. The maximum atomic E-state index is 12.6. The fourth-order valence-corrected chi connectivity index (χ4v) is 4.56. The molecule has 2 bridgehead atoms. The molecule has 2 saturated heterocycles. The number of carbonyl (C=O) groups is 1. The average molecular weight is 559 g/mol. The van der Waals surface area contributed by atoms with Gasteiger partial charge in [-0.05, 0) is 83.9 Å². The number of carbonyl (C=O) groups excluding carboxylic acids is 1. The first-order valence-corrected chi connectivity index (χ1v) is 11.6.